The lowest BCUT2D eigenvalue weighted by molar-refractivity contribution is -0.137. The highest BCUT2D eigenvalue weighted by atomic mass is 35.5. The number of amides is 1. The fraction of sp³-hybridized carbons (Fsp3) is 0.391. The van der Waals surface area contributed by atoms with Crippen molar-refractivity contribution < 1.29 is 14.7 Å². The molecule has 9 heteroatoms. The van der Waals surface area contributed by atoms with Gasteiger partial charge < -0.3 is 20.7 Å². The van der Waals surface area contributed by atoms with E-state index < -0.39 is 5.60 Å². The summed E-state index contributed by atoms with van der Waals surface area (Å²) in [5.74, 6) is 0.0369. The summed E-state index contributed by atoms with van der Waals surface area (Å²) in [5.41, 5.74) is 0.0693. The van der Waals surface area contributed by atoms with E-state index in [4.69, 9.17) is 11.6 Å². The molecule has 3 aromatic rings. The second-order valence-corrected chi connectivity index (χ2v) is 9.09. The predicted octanol–water partition coefficient (Wildman–Crippen LogP) is 3.45. The standard InChI is InChI=1S/C23H26ClN5O3/c1-23(2,32)22(31)29-14-9-7-13(8-10-14)28-21-18-16(11-25-20(18)26-12-27-21)19(30)15-5-3-4-6-17(15)24/h3-6,11-14,32H,7-10H2,1-2H3,(H,29,31)(H2,25,26,27,28)/t13-,14+. The highest BCUT2D eigenvalue weighted by Crippen LogP contribution is 2.30. The lowest BCUT2D eigenvalue weighted by Gasteiger charge is -2.31. The minimum absolute atomic E-state index is 0.0296. The lowest BCUT2D eigenvalue weighted by atomic mass is 9.90. The van der Waals surface area contributed by atoms with Crippen LogP contribution in [0.3, 0.4) is 0 Å². The van der Waals surface area contributed by atoms with Crippen molar-refractivity contribution in [3.05, 3.63) is 52.9 Å². The summed E-state index contributed by atoms with van der Waals surface area (Å²) < 4.78 is 0. The molecular weight excluding hydrogens is 430 g/mol. The normalized spacial score (nSPS) is 19.0. The highest BCUT2D eigenvalue weighted by molar-refractivity contribution is 6.35. The molecule has 1 aliphatic carbocycles. The van der Waals surface area contributed by atoms with Gasteiger partial charge in [0.1, 0.15) is 23.4 Å². The molecule has 32 heavy (non-hydrogen) atoms. The van der Waals surface area contributed by atoms with Crippen molar-refractivity contribution in [2.75, 3.05) is 5.32 Å². The van der Waals surface area contributed by atoms with Gasteiger partial charge in [-0.25, -0.2) is 9.97 Å². The number of halogens is 1. The summed E-state index contributed by atoms with van der Waals surface area (Å²) in [7, 11) is 0. The zero-order valence-electron chi connectivity index (χ0n) is 18.0. The van der Waals surface area contributed by atoms with Crippen LogP contribution in [0.4, 0.5) is 5.82 Å². The molecule has 1 aromatic carbocycles. The van der Waals surface area contributed by atoms with Crippen molar-refractivity contribution in [2.45, 2.75) is 57.2 Å². The third-order valence-corrected chi connectivity index (χ3v) is 6.12. The fourth-order valence-electron chi connectivity index (χ4n) is 3.98. The number of fused-ring (bicyclic) bond motifs is 1. The first kappa shape index (κ1) is 22.2. The molecule has 1 fully saturated rings. The summed E-state index contributed by atoms with van der Waals surface area (Å²) in [5, 5.41) is 17.2. The van der Waals surface area contributed by atoms with E-state index in [0.717, 1.165) is 25.7 Å². The molecule has 1 amide bonds. The van der Waals surface area contributed by atoms with E-state index in [2.05, 4.69) is 25.6 Å². The van der Waals surface area contributed by atoms with Gasteiger partial charge in [0.15, 0.2) is 5.78 Å². The molecule has 2 heterocycles. The molecule has 0 radical (unpaired) electrons. The SMILES string of the molecule is CC(C)(O)C(=O)N[C@H]1CC[C@@H](Nc2ncnc3[nH]cc(C(=O)c4ccccc4Cl)c23)CC1. The molecule has 0 saturated heterocycles. The number of hydrogen-bond donors (Lipinski definition) is 4. The Morgan fingerprint density at radius 3 is 2.47 bits per heavy atom. The van der Waals surface area contributed by atoms with Crippen molar-refractivity contribution in [2.24, 2.45) is 0 Å². The average Bonchev–Trinajstić information content (AvgIpc) is 3.19. The van der Waals surface area contributed by atoms with Crippen molar-refractivity contribution in [1.29, 1.82) is 0 Å². The fourth-order valence-corrected chi connectivity index (χ4v) is 4.20. The van der Waals surface area contributed by atoms with Crippen LogP contribution in [0, 0.1) is 0 Å². The third-order valence-electron chi connectivity index (χ3n) is 5.79. The minimum Gasteiger partial charge on any atom is -0.381 e. The number of H-pyrrole nitrogens is 1. The van der Waals surface area contributed by atoms with Crippen LogP contribution in [-0.4, -0.2) is 49.4 Å². The number of anilines is 1. The molecule has 168 valence electrons. The Kier molecular flexibility index (Phi) is 6.17. The first-order valence-electron chi connectivity index (χ1n) is 10.6. The topological polar surface area (TPSA) is 120 Å². The maximum atomic E-state index is 13.2. The molecule has 2 aromatic heterocycles. The monoisotopic (exact) mass is 455 g/mol. The zero-order chi connectivity index (χ0) is 22.9. The first-order valence-corrected chi connectivity index (χ1v) is 11.0. The number of nitrogens with one attached hydrogen (secondary N) is 3. The molecule has 0 unspecified atom stereocenters. The number of benzene rings is 1. The van der Waals surface area contributed by atoms with E-state index in [-0.39, 0.29) is 23.8 Å². The molecule has 1 saturated carbocycles. The van der Waals surface area contributed by atoms with Crippen molar-refractivity contribution in [3.8, 4) is 0 Å². The van der Waals surface area contributed by atoms with Gasteiger partial charge in [-0.05, 0) is 51.7 Å². The summed E-state index contributed by atoms with van der Waals surface area (Å²) >= 11 is 6.24. The van der Waals surface area contributed by atoms with Gasteiger partial charge in [0, 0.05) is 23.8 Å². The number of aromatic nitrogens is 3. The number of rotatable bonds is 6. The van der Waals surface area contributed by atoms with E-state index >= 15 is 0 Å². The largest absolute Gasteiger partial charge is 0.381 e. The Labute approximate surface area is 190 Å². The van der Waals surface area contributed by atoms with E-state index in [0.29, 0.717) is 33.0 Å². The van der Waals surface area contributed by atoms with Crippen molar-refractivity contribution in [3.63, 3.8) is 0 Å². The van der Waals surface area contributed by atoms with E-state index in [1.165, 1.54) is 20.2 Å². The van der Waals surface area contributed by atoms with Crippen molar-refractivity contribution >= 4 is 40.1 Å². The number of carbonyl (C=O) groups is 2. The van der Waals surface area contributed by atoms with Gasteiger partial charge in [0.05, 0.1) is 16.0 Å². The Balaban J connectivity index is 1.50. The lowest BCUT2D eigenvalue weighted by Crippen LogP contribution is -2.48. The molecule has 1 aliphatic rings. The molecule has 8 nitrogen and oxygen atoms in total. The molecule has 0 atom stereocenters. The molecule has 4 N–H and O–H groups in total. The number of hydrogen-bond acceptors (Lipinski definition) is 6. The maximum absolute atomic E-state index is 13.2. The quantitative estimate of drug-likeness (QED) is 0.422. The molecular formula is C23H26ClN5O3. The van der Waals surface area contributed by atoms with E-state index in [9.17, 15) is 14.7 Å². The van der Waals surface area contributed by atoms with Gasteiger partial charge in [-0.2, -0.15) is 0 Å². The number of nitrogens with zero attached hydrogens (tertiary/aromatic N) is 2. The predicted molar refractivity (Wildman–Crippen MR) is 123 cm³/mol. The van der Waals surface area contributed by atoms with Gasteiger partial charge in [0.2, 0.25) is 0 Å². The van der Waals surface area contributed by atoms with E-state index in [1.807, 2.05) is 0 Å². The number of aromatic amines is 1. The van der Waals surface area contributed by atoms with Gasteiger partial charge >= 0.3 is 0 Å². The summed E-state index contributed by atoms with van der Waals surface area (Å²) in [6, 6.07) is 7.12. The first-order chi connectivity index (χ1) is 15.2. The van der Waals surface area contributed by atoms with Crippen LogP contribution in [0.25, 0.3) is 11.0 Å². The van der Waals surface area contributed by atoms with Gasteiger partial charge in [-0.1, -0.05) is 23.7 Å². The van der Waals surface area contributed by atoms with Crippen LogP contribution in [0.15, 0.2) is 36.8 Å². The number of aliphatic hydroxyl groups is 1. The van der Waals surface area contributed by atoms with E-state index in [1.54, 1.807) is 30.5 Å². The second kappa shape index (κ2) is 8.88. The Morgan fingerprint density at radius 1 is 1.09 bits per heavy atom. The molecule has 0 spiro atoms. The highest BCUT2D eigenvalue weighted by Gasteiger charge is 2.29. The van der Waals surface area contributed by atoms with Crippen LogP contribution in [0.1, 0.15) is 55.5 Å². The third kappa shape index (κ3) is 4.61. The van der Waals surface area contributed by atoms with Gasteiger partial charge in [0.25, 0.3) is 5.91 Å². The Bertz CT molecular complexity index is 1150. The summed E-state index contributed by atoms with van der Waals surface area (Å²) in [6.45, 7) is 2.96. The minimum atomic E-state index is -1.39. The number of carbonyl (C=O) groups excluding carboxylic acids is 2. The number of ketones is 1. The van der Waals surface area contributed by atoms with Crippen LogP contribution in [0.2, 0.25) is 5.02 Å². The molecule has 0 bridgehead atoms. The maximum Gasteiger partial charge on any atom is 0.251 e. The van der Waals surface area contributed by atoms with Crippen LogP contribution < -0.4 is 10.6 Å². The van der Waals surface area contributed by atoms with Crippen LogP contribution >= 0.6 is 11.6 Å². The summed E-state index contributed by atoms with van der Waals surface area (Å²) in [6.07, 6.45) is 6.30. The zero-order valence-corrected chi connectivity index (χ0v) is 18.7. The Hall–Kier alpha value is -2.97. The van der Waals surface area contributed by atoms with Gasteiger partial charge in [-0.3, -0.25) is 9.59 Å². The average molecular weight is 456 g/mol. The smallest absolute Gasteiger partial charge is 0.251 e. The van der Waals surface area contributed by atoms with Gasteiger partial charge in [-0.15, -0.1) is 0 Å². The van der Waals surface area contributed by atoms with Crippen LogP contribution in [-0.2, 0) is 4.79 Å². The van der Waals surface area contributed by atoms with Crippen LogP contribution in [0.5, 0.6) is 0 Å². The van der Waals surface area contributed by atoms with Crippen molar-refractivity contribution in [1.82, 2.24) is 20.3 Å². The molecule has 4 rings (SSSR count). The summed E-state index contributed by atoms with van der Waals surface area (Å²) in [4.78, 5) is 36.9. The molecule has 0 aliphatic heterocycles. The second-order valence-electron chi connectivity index (χ2n) is 8.68. The Morgan fingerprint density at radius 2 is 1.78 bits per heavy atom.